The van der Waals surface area contributed by atoms with Crippen LogP contribution in [0.1, 0.15) is 19.8 Å². The van der Waals surface area contributed by atoms with Gasteiger partial charge in [-0.25, -0.2) is 0 Å². The molecule has 10 heavy (non-hydrogen) atoms. The van der Waals surface area contributed by atoms with Crippen molar-refractivity contribution in [3.05, 3.63) is 0 Å². The number of unbranched alkanes of at least 4 members (excludes halogenated alkanes) is 1. The number of alkyl halides is 2. The van der Waals surface area contributed by atoms with Crippen LogP contribution in [0.4, 0.5) is 0 Å². The highest BCUT2D eigenvalue weighted by atomic mass is 35.5. The Labute approximate surface area is 70.9 Å². The second-order valence-electron chi connectivity index (χ2n) is 1.95. The molecule has 0 aromatic heterocycles. The monoisotopic (exact) mass is 183 g/mol. The summed E-state index contributed by atoms with van der Waals surface area (Å²) in [6, 6.07) is 0. The van der Waals surface area contributed by atoms with E-state index in [1.54, 1.807) is 0 Å². The summed E-state index contributed by atoms with van der Waals surface area (Å²) < 4.78 is 0. The number of carbonyl (C=O) groups excluding carboxylic acids is 1. The number of halogens is 2. The molecule has 0 bridgehead atoms. The molecule has 1 amide bonds. The molecule has 0 aliphatic rings. The van der Waals surface area contributed by atoms with Gasteiger partial charge in [0.25, 0.3) is 5.91 Å². The van der Waals surface area contributed by atoms with Crippen LogP contribution in [0.25, 0.3) is 0 Å². The molecular weight excluding hydrogens is 173 g/mol. The van der Waals surface area contributed by atoms with Gasteiger partial charge in [0, 0.05) is 6.54 Å². The molecule has 4 heteroatoms. The van der Waals surface area contributed by atoms with Crippen molar-refractivity contribution in [3.8, 4) is 0 Å². The largest absolute Gasteiger partial charge is 0.354 e. The van der Waals surface area contributed by atoms with Crippen LogP contribution in [0, 0.1) is 0 Å². The van der Waals surface area contributed by atoms with Crippen LogP contribution >= 0.6 is 23.2 Å². The molecule has 0 saturated carbocycles. The van der Waals surface area contributed by atoms with Crippen LogP contribution in [-0.4, -0.2) is 17.3 Å². The van der Waals surface area contributed by atoms with Crippen molar-refractivity contribution in [2.45, 2.75) is 24.6 Å². The van der Waals surface area contributed by atoms with Crippen LogP contribution in [-0.2, 0) is 4.79 Å². The number of carbonyl (C=O) groups is 1. The van der Waals surface area contributed by atoms with Crippen LogP contribution in [0.2, 0.25) is 0 Å². The molecule has 0 heterocycles. The van der Waals surface area contributed by atoms with Gasteiger partial charge in [0.05, 0.1) is 0 Å². The van der Waals surface area contributed by atoms with E-state index >= 15 is 0 Å². The minimum absolute atomic E-state index is 0.309. The molecule has 0 radical (unpaired) electrons. The molecule has 0 rings (SSSR count). The van der Waals surface area contributed by atoms with Crippen molar-refractivity contribution in [2.75, 3.05) is 6.54 Å². The molecule has 60 valence electrons. The standard InChI is InChI=1S/C6H11Cl2NO/c1-2-3-4-9-6(10)5(7)8/h5H,2-4H2,1H3,(H,9,10). The van der Waals surface area contributed by atoms with Gasteiger partial charge in [0.1, 0.15) is 0 Å². The van der Waals surface area contributed by atoms with E-state index in [2.05, 4.69) is 5.32 Å². The number of hydrogen-bond donors (Lipinski definition) is 1. The normalized spacial score (nSPS) is 10.0. The van der Waals surface area contributed by atoms with Crippen LogP contribution in [0.3, 0.4) is 0 Å². The molecule has 1 N–H and O–H groups in total. The molecule has 0 spiro atoms. The summed E-state index contributed by atoms with van der Waals surface area (Å²) >= 11 is 10.5. The number of amides is 1. The van der Waals surface area contributed by atoms with Gasteiger partial charge in [-0.1, -0.05) is 36.5 Å². The van der Waals surface area contributed by atoms with E-state index in [0.29, 0.717) is 6.54 Å². The molecule has 0 unspecified atom stereocenters. The molecule has 0 aromatic carbocycles. The molecule has 0 atom stereocenters. The second kappa shape index (κ2) is 5.81. The molecule has 0 aromatic rings. The Balaban J connectivity index is 3.22. The second-order valence-corrected chi connectivity index (χ2v) is 3.04. The Kier molecular flexibility index (Phi) is 5.84. The third kappa shape index (κ3) is 4.89. The summed E-state index contributed by atoms with van der Waals surface area (Å²) in [4.78, 5) is 9.71. The fraction of sp³-hybridized carbons (Fsp3) is 0.833. The fourth-order valence-corrected chi connectivity index (χ4v) is 0.620. The van der Waals surface area contributed by atoms with Crippen LogP contribution < -0.4 is 5.32 Å². The van der Waals surface area contributed by atoms with Gasteiger partial charge in [0.15, 0.2) is 4.84 Å². The first-order valence-corrected chi connectivity index (χ1v) is 4.11. The zero-order valence-electron chi connectivity index (χ0n) is 5.86. The van der Waals surface area contributed by atoms with Crippen molar-refractivity contribution in [1.29, 1.82) is 0 Å². The number of rotatable bonds is 4. The number of hydrogen-bond acceptors (Lipinski definition) is 1. The minimum atomic E-state index is -0.933. The lowest BCUT2D eigenvalue weighted by atomic mass is 10.3. The Morgan fingerprint density at radius 1 is 1.60 bits per heavy atom. The van der Waals surface area contributed by atoms with Crippen molar-refractivity contribution in [2.24, 2.45) is 0 Å². The fourth-order valence-electron chi connectivity index (χ4n) is 0.466. The van der Waals surface area contributed by atoms with Crippen molar-refractivity contribution in [1.82, 2.24) is 5.32 Å². The average Bonchev–Trinajstić information content (AvgIpc) is 1.88. The van der Waals surface area contributed by atoms with Crippen LogP contribution in [0.5, 0.6) is 0 Å². The average molecular weight is 184 g/mol. The maximum atomic E-state index is 10.6. The highest BCUT2D eigenvalue weighted by molar-refractivity contribution is 6.53. The van der Waals surface area contributed by atoms with E-state index in [1.165, 1.54) is 0 Å². The Hall–Kier alpha value is 0.0500. The topological polar surface area (TPSA) is 29.1 Å². The first-order chi connectivity index (χ1) is 4.68. The van der Waals surface area contributed by atoms with Gasteiger partial charge in [-0.3, -0.25) is 4.79 Å². The predicted octanol–water partition coefficient (Wildman–Crippen LogP) is 1.71. The van der Waals surface area contributed by atoms with E-state index in [-0.39, 0.29) is 5.91 Å². The maximum absolute atomic E-state index is 10.6. The lowest BCUT2D eigenvalue weighted by molar-refractivity contribution is -0.119. The summed E-state index contributed by atoms with van der Waals surface area (Å²) in [6.07, 6.45) is 2.02. The minimum Gasteiger partial charge on any atom is -0.354 e. The van der Waals surface area contributed by atoms with E-state index in [0.717, 1.165) is 12.8 Å². The van der Waals surface area contributed by atoms with E-state index in [1.807, 2.05) is 6.92 Å². The first-order valence-electron chi connectivity index (χ1n) is 3.24. The van der Waals surface area contributed by atoms with E-state index in [4.69, 9.17) is 23.2 Å². The van der Waals surface area contributed by atoms with Crippen molar-refractivity contribution < 1.29 is 4.79 Å². The highest BCUT2D eigenvalue weighted by Crippen LogP contribution is 2.00. The zero-order chi connectivity index (χ0) is 7.98. The third-order valence-electron chi connectivity index (χ3n) is 1.03. The molecule has 0 saturated heterocycles. The summed E-state index contributed by atoms with van der Waals surface area (Å²) in [5.41, 5.74) is 0. The maximum Gasteiger partial charge on any atom is 0.253 e. The van der Waals surface area contributed by atoms with E-state index in [9.17, 15) is 4.79 Å². The predicted molar refractivity (Wildman–Crippen MR) is 43.4 cm³/mol. The molecule has 0 aliphatic heterocycles. The van der Waals surface area contributed by atoms with Crippen LogP contribution in [0.15, 0.2) is 0 Å². The highest BCUT2D eigenvalue weighted by Gasteiger charge is 2.08. The quantitative estimate of drug-likeness (QED) is 0.522. The lowest BCUT2D eigenvalue weighted by Crippen LogP contribution is -2.29. The smallest absolute Gasteiger partial charge is 0.253 e. The van der Waals surface area contributed by atoms with E-state index < -0.39 is 4.84 Å². The number of nitrogens with one attached hydrogen (secondary N) is 1. The third-order valence-corrected chi connectivity index (χ3v) is 1.42. The Morgan fingerprint density at radius 2 is 2.20 bits per heavy atom. The zero-order valence-corrected chi connectivity index (χ0v) is 7.37. The van der Waals surface area contributed by atoms with Gasteiger partial charge in [0.2, 0.25) is 0 Å². The molecule has 2 nitrogen and oxygen atoms in total. The van der Waals surface area contributed by atoms with Gasteiger partial charge < -0.3 is 5.32 Å². The van der Waals surface area contributed by atoms with Gasteiger partial charge in [-0.05, 0) is 6.42 Å². The summed E-state index contributed by atoms with van der Waals surface area (Å²) in [5, 5.41) is 2.58. The van der Waals surface area contributed by atoms with Crippen molar-refractivity contribution in [3.63, 3.8) is 0 Å². The summed E-state index contributed by atoms with van der Waals surface area (Å²) in [7, 11) is 0. The lowest BCUT2D eigenvalue weighted by Gasteiger charge is -2.02. The SMILES string of the molecule is CCCCNC(=O)C(Cl)Cl. The first kappa shape index (κ1) is 10.0. The van der Waals surface area contributed by atoms with Gasteiger partial charge >= 0.3 is 0 Å². The van der Waals surface area contributed by atoms with Crippen molar-refractivity contribution >= 4 is 29.1 Å². The van der Waals surface area contributed by atoms with Gasteiger partial charge in [-0.2, -0.15) is 0 Å². The van der Waals surface area contributed by atoms with Gasteiger partial charge in [-0.15, -0.1) is 0 Å². The summed E-state index contributed by atoms with van der Waals surface area (Å²) in [6.45, 7) is 2.70. The Bertz CT molecular complexity index is 106. The Morgan fingerprint density at radius 3 is 2.60 bits per heavy atom. The molecular formula is C6H11Cl2NO. The summed E-state index contributed by atoms with van der Waals surface area (Å²) in [5.74, 6) is -0.309. The molecule has 0 fully saturated rings. The molecule has 0 aliphatic carbocycles.